The standard InChI is InChI=1S/C16H25N/c1-2-13-17(16-11-7-4-8-12-16)14-15-9-5-3-6-10-15/h4,7-8,11-12,15H,2-3,5-6,9-10,13-14H2,1H3. The summed E-state index contributed by atoms with van der Waals surface area (Å²) in [6.07, 6.45) is 8.45. The zero-order valence-corrected chi connectivity index (χ0v) is 11.1. The topological polar surface area (TPSA) is 3.24 Å². The zero-order valence-electron chi connectivity index (χ0n) is 11.1. The molecule has 2 rings (SSSR count). The van der Waals surface area contributed by atoms with Gasteiger partial charge in [0.05, 0.1) is 0 Å². The molecular weight excluding hydrogens is 206 g/mol. The summed E-state index contributed by atoms with van der Waals surface area (Å²) in [7, 11) is 0. The lowest BCUT2D eigenvalue weighted by Crippen LogP contribution is -2.31. The summed E-state index contributed by atoms with van der Waals surface area (Å²) in [6.45, 7) is 4.73. The van der Waals surface area contributed by atoms with E-state index in [0.717, 1.165) is 5.92 Å². The Hall–Kier alpha value is -0.980. The highest BCUT2D eigenvalue weighted by molar-refractivity contribution is 5.45. The maximum atomic E-state index is 2.58. The van der Waals surface area contributed by atoms with Crippen molar-refractivity contribution in [3.8, 4) is 0 Å². The summed E-state index contributed by atoms with van der Waals surface area (Å²) in [5.74, 6) is 0.926. The van der Waals surface area contributed by atoms with Crippen LogP contribution in [0.3, 0.4) is 0 Å². The van der Waals surface area contributed by atoms with Gasteiger partial charge in [-0.15, -0.1) is 0 Å². The van der Waals surface area contributed by atoms with Gasteiger partial charge in [0.15, 0.2) is 0 Å². The van der Waals surface area contributed by atoms with E-state index in [1.54, 1.807) is 0 Å². The van der Waals surface area contributed by atoms with Crippen LogP contribution in [0.2, 0.25) is 0 Å². The van der Waals surface area contributed by atoms with Crippen molar-refractivity contribution in [3.05, 3.63) is 30.3 Å². The molecule has 1 aliphatic rings. The lowest BCUT2D eigenvalue weighted by atomic mass is 9.89. The van der Waals surface area contributed by atoms with Gasteiger partial charge in [-0.1, -0.05) is 44.4 Å². The van der Waals surface area contributed by atoms with E-state index in [0.29, 0.717) is 0 Å². The Kier molecular flexibility index (Phi) is 4.90. The monoisotopic (exact) mass is 231 g/mol. The number of benzene rings is 1. The van der Waals surface area contributed by atoms with Crippen molar-refractivity contribution in [2.75, 3.05) is 18.0 Å². The van der Waals surface area contributed by atoms with Crippen molar-refractivity contribution in [1.29, 1.82) is 0 Å². The minimum Gasteiger partial charge on any atom is -0.371 e. The SMILES string of the molecule is CCCN(CC1CCCCC1)c1ccccc1. The number of hydrogen-bond acceptors (Lipinski definition) is 1. The molecule has 0 radical (unpaired) electrons. The number of nitrogens with zero attached hydrogens (tertiary/aromatic N) is 1. The molecule has 1 heteroatoms. The summed E-state index contributed by atoms with van der Waals surface area (Å²) in [5, 5.41) is 0. The molecule has 0 N–H and O–H groups in total. The van der Waals surface area contributed by atoms with Crippen LogP contribution in [0.1, 0.15) is 45.4 Å². The maximum Gasteiger partial charge on any atom is 0.0366 e. The number of rotatable bonds is 5. The Bertz CT molecular complexity index is 301. The Labute approximate surface area is 106 Å². The van der Waals surface area contributed by atoms with E-state index in [4.69, 9.17) is 0 Å². The average molecular weight is 231 g/mol. The molecule has 0 unspecified atom stereocenters. The summed E-state index contributed by atoms with van der Waals surface area (Å²) in [6, 6.07) is 10.9. The molecule has 1 aromatic rings. The Morgan fingerprint density at radius 2 is 1.76 bits per heavy atom. The Morgan fingerprint density at radius 1 is 1.06 bits per heavy atom. The van der Waals surface area contributed by atoms with E-state index in [-0.39, 0.29) is 0 Å². The summed E-state index contributed by atoms with van der Waals surface area (Å²) >= 11 is 0. The predicted octanol–water partition coefficient (Wildman–Crippen LogP) is 4.48. The van der Waals surface area contributed by atoms with Crippen LogP contribution < -0.4 is 4.90 Å². The van der Waals surface area contributed by atoms with Gasteiger partial charge in [0, 0.05) is 18.8 Å². The Balaban J connectivity index is 1.96. The van der Waals surface area contributed by atoms with Crippen LogP contribution in [-0.4, -0.2) is 13.1 Å². The molecule has 0 amide bonds. The van der Waals surface area contributed by atoms with Gasteiger partial charge in [0.1, 0.15) is 0 Å². The van der Waals surface area contributed by atoms with E-state index in [2.05, 4.69) is 42.2 Å². The van der Waals surface area contributed by atoms with Crippen molar-refractivity contribution in [2.45, 2.75) is 45.4 Å². The largest absolute Gasteiger partial charge is 0.371 e. The quantitative estimate of drug-likeness (QED) is 0.722. The van der Waals surface area contributed by atoms with E-state index >= 15 is 0 Å². The van der Waals surface area contributed by atoms with Crippen molar-refractivity contribution in [3.63, 3.8) is 0 Å². The van der Waals surface area contributed by atoms with Crippen LogP contribution in [0.5, 0.6) is 0 Å². The summed E-state index contributed by atoms with van der Waals surface area (Å²) < 4.78 is 0. The van der Waals surface area contributed by atoms with Crippen molar-refractivity contribution < 1.29 is 0 Å². The fraction of sp³-hybridized carbons (Fsp3) is 0.625. The molecule has 0 spiro atoms. The van der Waals surface area contributed by atoms with Gasteiger partial charge < -0.3 is 4.90 Å². The first-order valence-corrected chi connectivity index (χ1v) is 7.20. The molecule has 0 saturated heterocycles. The molecule has 94 valence electrons. The second-order valence-corrected chi connectivity index (χ2v) is 5.29. The van der Waals surface area contributed by atoms with Crippen LogP contribution in [0, 0.1) is 5.92 Å². The highest BCUT2D eigenvalue weighted by Gasteiger charge is 2.16. The molecule has 1 nitrogen and oxygen atoms in total. The molecule has 1 aromatic carbocycles. The number of hydrogen-bond donors (Lipinski definition) is 0. The Morgan fingerprint density at radius 3 is 2.41 bits per heavy atom. The third-order valence-electron chi connectivity index (χ3n) is 3.82. The maximum absolute atomic E-state index is 2.58. The highest BCUT2D eigenvalue weighted by atomic mass is 15.1. The first kappa shape index (κ1) is 12.5. The summed E-state index contributed by atoms with van der Waals surface area (Å²) in [4.78, 5) is 2.58. The molecule has 1 saturated carbocycles. The molecule has 0 aliphatic heterocycles. The normalized spacial score (nSPS) is 17.0. The minimum atomic E-state index is 0.926. The third-order valence-corrected chi connectivity index (χ3v) is 3.82. The first-order chi connectivity index (χ1) is 8.40. The fourth-order valence-electron chi connectivity index (χ4n) is 2.92. The van der Waals surface area contributed by atoms with Crippen molar-refractivity contribution in [1.82, 2.24) is 0 Å². The molecule has 0 aromatic heterocycles. The molecular formula is C16H25N. The second kappa shape index (κ2) is 6.68. The van der Waals surface area contributed by atoms with Gasteiger partial charge in [-0.2, -0.15) is 0 Å². The number of anilines is 1. The molecule has 0 bridgehead atoms. The molecule has 1 aliphatic carbocycles. The zero-order chi connectivity index (χ0) is 11.9. The van der Waals surface area contributed by atoms with Gasteiger partial charge in [-0.3, -0.25) is 0 Å². The molecule has 0 atom stereocenters. The van der Waals surface area contributed by atoms with Gasteiger partial charge in [-0.05, 0) is 37.3 Å². The first-order valence-electron chi connectivity index (χ1n) is 7.20. The van der Waals surface area contributed by atoms with E-state index < -0.39 is 0 Å². The fourth-order valence-corrected chi connectivity index (χ4v) is 2.92. The van der Waals surface area contributed by atoms with Gasteiger partial charge in [-0.25, -0.2) is 0 Å². The van der Waals surface area contributed by atoms with Crippen LogP contribution in [0.15, 0.2) is 30.3 Å². The lowest BCUT2D eigenvalue weighted by Gasteiger charge is -2.31. The van der Waals surface area contributed by atoms with Crippen molar-refractivity contribution >= 4 is 5.69 Å². The number of para-hydroxylation sites is 1. The van der Waals surface area contributed by atoms with E-state index in [1.807, 2.05) is 0 Å². The summed E-state index contributed by atoms with van der Waals surface area (Å²) in [5.41, 5.74) is 1.40. The minimum absolute atomic E-state index is 0.926. The smallest absolute Gasteiger partial charge is 0.0366 e. The van der Waals surface area contributed by atoms with Crippen LogP contribution in [0.25, 0.3) is 0 Å². The molecule has 17 heavy (non-hydrogen) atoms. The lowest BCUT2D eigenvalue weighted by molar-refractivity contribution is 0.358. The average Bonchev–Trinajstić information content (AvgIpc) is 2.40. The van der Waals surface area contributed by atoms with E-state index in [1.165, 1.54) is 57.3 Å². The molecule has 0 heterocycles. The third kappa shape index (κ3) is 3.76. The van der Waals surface area contributed by atoms with Crippen molar-refractivity contribution in [2.24, 2.45) is 5.92 Å². The highest BCUT2D eigenvalue weighted by Crippen LogP contribution is 2.26. The second-order valence-electron chi connectivity index (χ2n) is 5.29. The van der Waals surface area contributed by atoms with Crippen LogP contribution >= 0.6 is 0 Å². The van der Waals surface area contributed by atoms with E-state index in [9.17, 15) is 0 Å². The van der Waals surface area contributed by atoms with Gasteiger partial charge in [0.2, 0.25) is 0 Å². The van der Waals surface area contributed by atoms with Gasteiger partial charge in [0.25, 0.3) is 0 Å². The van der Waals surface area contributed by atoms with Crippen LogP contribution in [-0.2, 0) is 0 Å². The van der Waals surface area contributed by atoms with Gasteiger partial charge >= 0.3 is 0 Å². The predicted molar refractivity (Wildman–Crippen MR) is 75.5 cm³/mol. The van der Waals surface area contributed by atoms with Crippen LogP contribution in [0.4, 0.5) is 5.69 Å². The molecule has 1 fully saturated rings.